The molecule has 1 heterocycles. The summed E-state index contributed by atoms with van der Waals surface area (Å²) in [7, 11) is 0. The molecular formula is C16H13F2N5. The molecule has 116 valence electrons. The van der Waals surface area contributed by atoms with Crippen molar-refractivity contribution in [3.63, 3.8) is 0 Å². The first-order valence-electron chi connectivity index (χ1n) is 6.78. The highest BCUT2D eigenvalue weighted by Gasteiger charge is 2.11. The van der Waals surface area contributed by atoms with Crippen molar-refractivity contribution in [2.45, 2.75) is 0 Å². The van der Waals surface area contributed by atoms with Gasteiger partial charge in [-0.15, -0.1) is 0 Å². The van der Waals surface area contributed by atoms with Crippen LogP contribution in [0.2, 0.25) is 0 Å². The van der Waals surface area contributed by atoms with E-state index in [-0.39, 0.29) is 17.2 Å². The third-order valence-corrected chi connectivity index (χ3v) is 3.10. The maximum Gasteiger partial charge on any atom is 0.159 e. The van der Waals surface area contributed by atoms with Gasteiger partial charge in [-0.3, -0.25) is 0 Å². The van der Waals surface area contributed by atoms with Crippen molar-refractivity contribution in [3.05, 3.63) is 66.5 Å². The monoisotopic (exact) mass is 313 g/mol. The number of nitrogens with two attached hydrogens (primary N) is 1. The lowest BCUT2D eigenvalue weighted by atomic mass is 10.3. The van der Waals surface area contributed by atoms with Crippen LogP contribution in [0.15, 0.2) is 54.9 Å². The first-order chi connectivity index (χ1) is 11.1. The van der Waals surface area contributed by atoms with Crippen molar-refractivity contribution >= 4 is 28.7 Å². The van der Waals surface area contributed by atoms with E-state index in [9.17, 15) is 8.78 Å². The Morgan fingerprint density at radius 1 is 0.870 bits per heavy atom. The largest absolute Gasteiger partial charge is 0.393 e. The van der Waals surface area contributed by atoms with Gasteiger partial charge in [0.2, 0.25) is 0 Å². The molecule has 0 bridgehead atoms. The number of benzene rings is 2. The summed E-state index contributed by atoms with van der Waals surface area (Å²) < 4.78 is 26.9. The molecule has 0 saturated heterocycles. The topological polar surface area (TPSA) is 75.9 Å². The summed E-state index contributed by atoms with van der Waals surface area (Å²) in [5.41, 5.74) is 6.93. The first-order valence-corrected chi connectivity index (χ1v) is 6.78. The van der Waals surface area contributed by atoms with E-state index in [1.165, 1.54) is 6.33 Å². The van der Waals surface area contributed by atoms with Gasteiger partial charge < -0.3 is 16.4 Å². The van der Waals surface area contributed by atoms with E-state index < -0.39 is 11.6 Å². The summed E-state index contributed by atoms with van der Waals surface area (Å²) in [5, 5.41) is 5.72. The third-order valence-electron chi connectivity index (χ3n) is 3.10. The summed E-state index contributed by atoms with van der Waals surface area (Å²) in [5.74, 6) is -0.625. The molecule has 2 aromatic carbocycles. The number of halogens is 2. The Morgan fingerprint density at radius 2 is 1.57 bits per heavy atom. The number of nitrogen functional groups attached to an aromatic ring is 1. The van der Waals surface area contributed by atoms with Gasteiger partial charge in [-0.25, -0.2) is 18.7 Å². The van der Waals surface area contributed by atoms with Crippen LogP contribution in [0.1, 0.15) is 0 Å². The zero-order valence-electron chi connectivity index (χ0n) is 11.9. The molecule has 1 aromatic heterocycles. The predicted octanol–water partition coefficient (Wildman–Crippen LogP) is 3.82. The summed E-state index contributed by atoms with van der Waals surface area (Å²) in [6.07, 6.45) is 1.28. The van der Waals surface area contributed by atoms with Crippen LogP contribution in [0.25, 0.3) is 0 Å². The third kappa shape index (κ3) is 3.34. The fourth-order valence-corrected chi connectivity index (χ4v) is 1.97. The number of aromatic nitrogens is 2. The molecule has 0 atom stereocenters. The number of nitrogens with one attached hydrogen (secondary N) is 2. The molecule has 7 heteroatoms. The second kappa shape index (κ2) is 6.27. The lowest BCUT2D eigenvalue weighted by Gasteiger charge is -2.13. The normalized spacial score (nSPS) is 10.3. The van der Waals surface area contributed by atoms with E-state index >= 15 is 0 Å². The Labute approximate surface area is 131 Å². The van der Waals surface area contributed by atoms with Crippen LogP contribution in [-0.2, 0) is 0 Å². The molecule has 0 amide bonds. The standard InChI is InChI=1S/C16H13F2N5/c17-10-6-7-12(18)13(8-10)23-16-14(19)15(20-9-21-16)22-11-4-2-1-3-5-11/h1-9H,19H2,(H2,20,21,22,23). The zero-order valence-corrected chi connectivity index (χ0v) is 11.9. The Balaban J connectivity index is 1.89. The SMILES string of the molecule is Nc1c(Nc2ccccc2)ncnc1Nc1cc(F)ccc1F. The van der Waals surface area contributed by atoms with Gasteiger partial charge in [0.15, 0.2) is 11.6 Å². The molecule has 5 nitrogen and oxygen atoms in total. The molecule has 4 N–H and O–H groups in total. The molecule has 0 aliphatic carbocycles. The fraction of sp³-hybridized carbons (Fsp3) is 0. The molecule has 0 aliphatic heterocycles. The maximum absolute atomic E-state index is 13.7. The quantitative estimate of drug-likeness (QED) is 0.682. The minimum Gasteiger partial charge on any atom is -0.393 e. The van der Waals surface area contributed by atoms with Crippen LogP contribution in [0.3, 0.4) is 0 Å². The van der Waals surface area contributed by atoms with Gasteiger partial charge in [-0.2, -0.15) is 0 Å². The van der Waals surface area contributed by atoms with Gasteiger partial charge in [-0.05, 0) is 24.3 Å². The lowest BCUT2D eigenvalue weighted by molar-refractivity contribution is 0.603. The van der Waals surface area contributed by atoms with Gasteiger partial charge in [0, 0.05) is 11.8 Å². The second-order valence-electron chi connectivity index (χ2n) is 4.72. The van der Waals surface area contributed by atoms with Gasteiger partial charge in [0.25, 0.3) is 0 Å². The molecule has 3 rings (SSSR count). The summed E-state index contributed by atoms with van der Waals surface area (Å²) >= 11 is 0. The zero-order chi connectivity index (χ0) is 16.2. The smallest absolute Gasteiger partial charge is 0.159 e. The van der Waals surface area contributed by atoms with Crippen molar-refractivity contribution in [2.75, 3.05) is 16.4 Å². The van der Waals surface area contributed by atoms with Crippen LogP contribution < -0.4 is 16.4 Å². The fourth-order valence-electron chi connectivity index (χ4n) is 1.97. The average molecular weight is 313 g/mol. The van der Waals surface area contributed by atoms with E-state index in [1.807, 2.05) is 30.3 Å². The minimum atomic E-state index is -0.609. The molecule has 0 radical (unpaired) electrons. The molecule has 0 unspecified atom stereocenters. The predicted molar refractivity (Wildman–Crippen MR) is 85.8 cm³/mol. The van der Waals surface area contributed by atoms with E-state index in [1.54, 1.807) is 0 Å². The van der Waals surface area contributed by atoms with E-state index in [2.05, 4.69) is 20.6 Å². The van der Waals surface area contributed by atoms with Gasteiger partial charge in [-0.1, -0.05) is 18.2 Å². The molecule has 0 aliphatic rings. The van der Waals surface area contributed by atoms with Crippen LogP contribution in [0, 0.1) is 11.6 Å². The Hall–Kier alpha value is -3.22. The summed E-state index contributed by atoms with van der Waals surface area (Å²) in [6, 6.07) is 12.4. The van der Waals surface area contributed by atoms with E-state index in [0.717, 1.165) is 23.9 Å². The van der Waals surface area contributed by atoms with Crippen LogP contribution in [0.5, 0.6) is 0 Å². The number of hydrogen-bond acceptors (Lipinski definition) is 5. The highest BCUT2D eigenvalue weighted by atomic mass is 19.1. The molecule has 0 fully saturated rings. The lowest BCUT2D eigenvalue weighted by Crippen LogP contribution is -2.06. The van der Waals surface area contributed by atoms with Crippen LogP contribution in [-0.4, -0.2) is 9.97 Å². The van der Waals surface area contributed by atoms with Crippen molar-refractivity contribution in [3.8, 4) is 0 Å². The number of hydrogen-bond donors (Lipinski definition) is 3. The maximum atomic E-state index is 13.7. The summed E-state index contributed by atoms with van der Waals surface area (Å²) in [4.78, 5) is 8.03. The van der Waals surface area contributed by atoms with Gasteiger partial charge >= 0.3 is 0 Å². The van der Waals surface area contributed by atoms with Crippen molar-refractivity contribution in [1.82, 2.24) is 9.97 Å². The highest BCUT2D eigenvalue weighted by molar-refractivity contribution is 5.80. The van der Waals surface area contributed by atoms with Crippen molar-refractivity contribution in [2.24, 2.45) is 0 Å². The van der Waals surface area contributed by atoms with Crippen LogP contribution >= 0.6 is 0 Å². The molecule has 3 aromatic rings. The Morgan fingerprint density at radius 3 is 2.30 bits per heavy atom. The Bertz CT molecular complexity index is 824. The van der Waals surface area contributed by atoms with E-state index in [0.29, 0.717) is 5.82 Å². The average Bonchev–Trinajstić information content (AvgIpc) is 2.55. The highest BCUT2D eigenvalue weighted by Crippen LogP contribution is 2.29. The van der Waals surface area contributed by atoms with Gasteiger partial charge in [0.1, 0.15) is 23.6 Å². The van der Waals surface area contributed by atoms with E-state index in [4.69, 9.17) is 5.73 Å². The minimum absolute atomic E-state index is 0.0546. The molecule has 0 spiro atoms. The van der Waals surface area contributed by atoms with Crippen molar-refractivity contribution < 1.29 is 8.78 Å². The number of para-hydroxylation sites is 1. The van der Waals surface area contributed by atoms with Crippen molar-refractivity contribution in [1.29, 1.82) is 0 Å². The summed E-state index contributed by atoms with van der Waals surface area (Å²) in [6.45, 7) is 0. The second-order valence-corrected chi connectivity index (χ2v) is 4.72. The van der Waals surface area contributed by atoms with Gasteiger partial charge in [0.05, 0.1) is 5.69 Å². The molecule has 0 saturated carbocycles. The number of rotatable bonds is 4. The first kappa shape index (κ1) is 14.7. The molecule has 23 heavy (non-hydrogen) atoms. The van der Waals surface area contributed by atoms with Crippen LogP contribution in [0.4, 0.5) is 37.5 Å². The number of nitrogens with zero attached hydrogens (tertiary/aromatic N) is 2. The molecular weight excluding hydrogens is 300 g/mol. The Kier molecular flexibility index (Phi) is 4.01. The number of anilines is 5.